The molecule has 0 aromatic heterocycles. The maximum absolute atomic E-state index is 2.27. The molecule has 0 heteroatoms. The van der Waals surface area contributed by atoms with E-state index in [1.54, 1.807) is 5.92 Å². The lowest BCUT2D eigenvalue weighted by molar-refractivity contribution is 0.788. The van der Waals surface area contributed by atoms with Crippen LogP contribution in [0.2, 0.25) is 0 Å². The Morgan fingerprint density at radius 1 is 1.45 bits per heavy atom. The summed E-state index contributed by atoms with van der Waals surface area (Å²) in [7, 11) is 0. The molecule has 0 amide bonds. The second-order valence-electron chi connectivity index (χ2n) is 3.00. The third-order valence-corrected chi connectivity index (χ3v) is 2.12. The minimum atomic E-state index is 1.16. The summed E-state index contributed by atoms with van der Waals surface area (Å²) in [5, 5.41) is 0. The third-order valence-electron chi connectivity index (χ3n) is 2.12. The molecule has 0 N–H and O–H groups in total. The Balaban J connectivity index is 2.46. The topological polar surface area (TPSA) is 0 Å². The Hall–Kier alpha value is -0.520. The Bertz CT molecular complexity index is 163. The van der Waals surface area contributed by atoms with Crippen LogP contribution in [0.15, 0.2) is 23.8 Å². The first-order valence-corrected chi connectivity index (χ1v) is 4.31. The third kappa shape index (κ3) is 2.53. The molecule has 0 aliphatic heterocycles. The molecule has 60 valence electrons. The summed E-state index contributed by atoms with van der Waals surface area (Å²) in [6.45, 7) is 4.28. The molecule has 11 heavy (non-hydrogen) atoms. The van der Waals surface area contributed by atoms with Gasteiger partial charge in [0.1, 0.15) is 0 Å². The van der Waals surface area contributed by atoms with Gasteiger partial charge in [-0.3, -0.25) is 0 Å². The average Bonchev–Trinajstić information content (AvgIpc) is 2.07. The van der Waals surface area contributed by atoms with E-state index in [9.17, 15) is 0 Å². The molecular weight excluding hydrogens is 132 g/mol. The van der Waals surface area contributed by atoms with Crippen molar-refractivity contribution >= 4 is 0 Å². The summed E-state index contributed by atoms with van der Waals surface area (Å²) in [6.07, 6.45) is 12.5. The lowest BCUT2D eigenvalue weighted by Gasteiger charge is -2.17. The Morgan fingerprint density at radius 3 is 2.82 bits per heavy atom. The van der Waals surface area contributed by atoms with E-state index < -0.39 is 0 Å². The van der Waals surface area contributed by atoms with Gasteiger partial charge in [-0.25, -0.2) is 0 Å². The number of hydrogen-bond acceptors (Lipinski definition) is 0. The van der Waals surface area contributed by atoms with Crippen molar-refractivity contribution in [1.29, 1.82) is 0 Å². The van der Waals surface area contributed by atoms with Gasteiger partial charge in [0.25, 0.3) is 0 Å². The van der Waals surface area contributed by atoms with Crippen LogP contribution in [0.25, 0.3) is 0 Å². The standard InChI is InChI=1S/C11H16/c1-3-7-10(2)11-8-5-4-6-9-11/h3-5,7H,6,8-9H2,1-2H3. The van der Waals surface area contributed by atoms with Crippen molar-refractivity contribution in [2.24, 2.45) is 0 Å². The first-order chi connectivity index (χ1) is 5.34. The SMILES string of the molecule is C[CH]C=C(C)[C]1CC=CCC1. The van der Waals surface area contributed by atoms with Crippen LogP contribution in [0.1, 0.15) is 33.1 Å². The Kier molecular flexibility index (Phi) is 3.41. The maximum atomic E-state index is 2.27. The lowest BCUT2D eigenvalue weighted by Crippen LogP contribution is -2.01. The quantitative estimate of drug-likeness (QED) is 0.526. The van der Waals surface area contributed by atoms with Gasteiger partial charge < -0.3 is 0 Å². The number of hydrogen-bond donors (Lipinski definition) is 0. The van der Waals surface area contributed by atoms with E-state index in [0.717, 1.165) is 6.42 Å². The second kappa shape index (κ2) is 4.38. The fourth-order valence-electron chi connectivity index (χ4n) is 1.43. The predicted molar refractivity (Wildman–Crippen MR) is 50.0 cm³/mol. The van der Waals surface area contributed by atoms with Crippen LogP contribution in [0, 0.1) is 12.3 Å². The van der Waals surface area contributed by atoms with Crippen molar-refractivity contribution in [2.45, 2.75) is 33.1 Å². The molecule has 0 nitrogen and oxygen atoms in total. The van der Waals surface area contributed by atoms with Crippen molar-refractivity contribution in [2.75, 3.05) is 0 Å². The molecule has 0 saturated carbocycles. The monoisotopic (exact) mass is 148 g/mol. The molecule has 1 rings (SSSR count). The van der Waals surface area contributed by atoms with E-state index in [4.69, 9.17) is 0 Å². The molecular formula is C11H16. The lowest BCUT2D eigenvalue weighted by atomic mass is 9.88. The number of rotatable bonds is 2. The Labute approximate surface area is 70.0 Å². The predicted octanol–water partition coefficient (Wildman–Crippen LogP) is 3.47. The van der Waals surface area contributed by atoms with Gasteiger partial charge in [0.05, 0.1) is 0 Å². The zero-order valence-electron chi connectivity index (χ0n) is 7.43. The highest BCUT2D eigenvalue weighted by molar-refractivity contribution is 5.27. The van der Waals surface area contributed by atoms with Crippen LogP contribution in [0.4, 0.5) is 0 Å². The van der Waals surface area contributed by atoms with Gasteiger partial charge in [0.2, 0.25) is 0 Å². The molecule has 0 bridgehead atoms. The molecule has 0 unspecified atom stereocenters. The largest absolute Gasteiger partial charge is 0.0885 e. The highest BCUT2D eigenvalue weighted by Gasteiger charge is 2.10. The number of allylic oxidation sites excluding steroid dienone is 4. The van der Waals surface area contributed by atoms with Crippen molar-refractivity contribution in [3.05, 3.63) is 36.1 Å². The van der Waals surface area contributed by atoms with Crippen LogP contribution < -0.4 is 0 Å². The molecule has 0 fully saturated rings. The van der Waals surface area contributed by atoms with Gasteiger partial charge in [-0.15, -0.1) is 0 Å². The molecule has 0 aromatic carbocycles. The molecule has 1 aliphatic rings. The molecule has 0 aromatic rings. The molecule has 2 radical (unpaired) electrons. The molecule has 0 heterocycles. The van der Waals surface area contributed by atoms with Crippen LogP contribution in [-0.4, -0.2) is 0 Å². The summed E-state index contributed by atoms with van der Waals surface area (Å²) in [5.74, 6) is 1.60. The van der Waals surface area contributed by atoms with Crippen LogP contribution in [-0.2, 0) is 0 Å². The summed E-state index contributed by atoms with van der Waals surface area (Å²) in [5.41, 5.74) is 1.46. The van der Waals surface area contributed by atoms with Crippen LogP contribution >= 0.6 is 0 Å². The van der Waals surface area contributed by atoms with Crippen molar-refractivity contribution in [3.63, 3.8) is 0 Å². The highest BCUT2D eigenvalue weighted by atomic mass is 14.2. The van der Waals surface area contributed by atoms with Gasteiger partial charge in [0.15, 0.2) is 0 Å². The first kappa shape index (κ1) is 8.58. The van der Waals surface area contributed by atoms with Crippen molar-refractivity contribution < 1.29 is 0 Å². The zero-order valence-corrected chi connectivity index (χ0v) is 7.43. The first-order valence-electron chi connectivity index (χ1n) is 4.31. The van der Waals surface area contributed by atoms with E-state index in [1.807, 2.05) is 0 Å². The summed E-state index contributed by atoms with van der Waals surface area (Å²) in [6, 6.07) is 0. The average molecular weight is 148 g/mol. The van der Waals surface area contributed by atoms with Gasteiger partial charge in [-0.1, -0.05) is 30.7 Å². The minimum absolute atomic E-state index is 1.16. The Morgan fingerprint density at radius 2 is 2.27 bits per heavy atom. The van der Waals surface area contributed by atoms with Gasteiger partial charge in [0, 0.05) is 5.92 Å². The van der Waals surface area contributed by atoms with Gasteiger partial charge in [-0.05, 0) is 32.6 Å². The van der Waals surface area contributed by atoms with E-state index in [2.05, 4.69) is 38.5 Å². The van der Waals surface area contributed by atoms with E-state index in [1.165, 1.54) is 18.4 Å². The molecule has 0 atom stereocenters. The van der Waals surface area contributed by atoms with Gasteiger partial charge >= 0.3 is 0 Å². The zero-order chi connectivity index (χ0) is 8.10. The van der Waals surface area contributed by atoms with E-state index >= 15 is 0 Å². The normalized spacial score (nSPS) is 20.7. The van der Waals surface area contributed by atoms with Crippen LogP contribution in [0.5, 0.6) is 0 Å². The van der Waals surface area contributed by atoms with Crippen molar-refractivity contribution in [1.82, 2.24) is 0 Å². The van der Waals surface area contributed by atoms with Gasteiger partial charge in [-0.2, -0.15) is 0 Å². The maximum Gasteiger partial charge on any atom is 0.00431 e. The summed E-state index contributed by atoms with van der Waals surface area (Å²) >= 11 is 0. The minimum Gasteiger partial charge on any atom is -0.0885 e. The highest BCUT2D eigenvalue weighted by Crippen LogP contribution is 2.27. The summed E-state index contributed by atoms with van der Waals surface area (Å²) < 4.78 is 0. The molecule has 0 saturated heterocycles. The van der Waals surface area contributed by atoms with Crippen LogP contribution in [0.3, 0.4) is 0 Å². The second-order valence-corrected chi connectivity index (χ2v) is 3.00. The smallest absolute Gasteiger partial charge is 0.00431 e. The fourth-order valence-corrected chi connectivity index (χ4v) is 1.43. The fraction of sp³-hybridized carbons (Fsp3) is 0.455. The summed E-state index contributed by atoms with van der Waals surface area (Å²) in [4.78, 5) is 0. The van der Waals surface area contributed by atoms with E-state index in [0.29, 0.717) is 0 Å². The van der Waals surface area contributed by atoms with E-state index in [-0.39, 0.29) is 0 Å². The molecule has 1 aliphatic carbocycles. The van der Waals surface area contributed by atoms with Crippen molar-refractivity contribution in [3.8, 4) is 0 Å². The molecule has 0 spiro atoms.